The van der Waals surface area contributed by atoms with E-state index in [2.05, 4.69) is 30.9 Å². The van der Waals surface area contributed by atoms with Gasteiger partial charge < -0.3 is 5.32 Å². The van der Waals surface area contributed by atoms with Gasteiger partial charge in [0.25, 0.3) is 0 Å². The van der Waals surface area contributed by atoms with Crippen LogP contribution in [0, 0.1) is 0 Å². The summed E-state index contributed by atoms with van der Waals surface area (Å²) in [7, 11) is 0. The van der Waals surface area contributed by atoms with Crippen LogP contribution in [0.3, 0.4) is 0 Å². The summed E-state index contributed by atoms with van der Waals surface area (Å²) in [5.74, 6) is 0.0323. The predicted molar refractivity (Wildman–Crippen MR) is 136 cm³/mol. The van der Waals surface area contributed by atoms with Crippen LogP contribution in [0.25, 0.3) is 37.2 Å². The van der Waals surface area contributed by atoms with E-state index in [1.165, 1.54) is 23.1 Å². The number of benzene rings is 2. The lowest BCUT2D eigenvalue weighted by Gasteiger charge is -2.03. The Morgan fingerprint density at radius 1 is 1.12 bits per heavy atom. The van der Waals surface area contributed by atoms with E-state index >= 15 is 0 Å². The zero-order valence-corrected chi connectivity index (χ0v) is 19.9. The molecule has 1 amide bonds. The number of carbonyl (C=O) groups is 1. The van der Waals surface area contributed by atoms with E-state index in [9.17, 15) is 4.79 Å². The number of thiophene rings is 1. The Morgan fingerprint density at radius 3 is 2.82 bits per heavy atom. The number of thioether (sulfide) groups is 1. The van der Waals surface area contributed by atoms with E-state index in [1.54, 1.807) is 17.7 Å². The highest BCUT2D eigenvalue weighted by atomic mass is 35.5. The predicted octanol–water partition coefficient (Wildman–Crippen LogP) is 6.00. The summed E-state index contributed by atoms with van der Waals surface area (Å²) in [6, 6.07) is 15.5. The fourth-order valence-corrected chi connectivity index (χ4v) is 6.09. The number of nitrogens with zero attached hydrogens (tertiary/aromatic N) is 5. The molecule has 6 aromatic rings. The molecule has 0 aliphatic heterocycles. The minimum Gasteiger partial charge on any atom is -0.301 e. The number of hydrogen-bond donors (Lipinski definition) is 1. The van der Waals surface area contributed by atoms with Crippen LogP contribution in [0.1, 0.15) is 0 Å². The highest BCUT2D eigenvalue weighted by Gasteiger charge is 2.17. The molecule has 0 aliphatic rings. The fourth-order valence-electron chi connectivity index (χ4n) is 3.47. The Morgan fingerprint density at radius 2 is 1.97 bits per heavy atom. The topological polar surface area (TPSA) is 85.1 Å². The van der Waals surface area contributed by atoms with E-state index in [1.807, 2.05) is 52.9 Å². The molecule has 0 unspecified atom stereocenters. The summed E-state index contributed by atoms with van der Waals surface area (Å²) in [6.07, 6.45) is 1.70. The molecule has 11 heteroatoms. The van der Waals surface area contributed by atoms with Gasteiger partial charge in [-0.2, -0.15) is 0 Å². The average molecular weight is 509 g/mol. The van der Waals surface area contributed by atoms with Crippen molar-refractivity contribution < 1.29 is 4.79 Å². The number of para-hydroxylation sites is 1. The number of nitrogens with one attached hydrogen (secondary N) is 1. The van der Waals surface area contributed by atoms with Crippen molar-refractivity contribution >= 4 is 83.2 Å². The molecule has 33 heavy (non-hydrogen) atoms. The Labute approximate surface area is 204 Å². The molecule has 0 saturated heterocycles. The Hall–Kier alpha value is -3.05. The van der Waals surface area contributed by atoms with Crippen molar-refractivity contribution in [1.29, 1.82) is 0 Å². The quantitative estimate of drug-likeness (QED) is 0.287. The number of fused-ring (bicyclic) bond motifs is 4. The van der Waals surface area contributed by atoms with Crippen molar-refractivity contribution in [1.82, 2.24) is 24.6 Å². The molecule has 2 aromatic carbocycles. The van der Waals surface area contributed by atoms with Crippen molar-refractivity contribution in [3.8, 4) is 11.1 Å². The minimum absolute atomic E-state index is 0.151. The largest absolute Gasteiger partial charge is 0.301 e. The van der Waals surface area contributed by atoms with Crippen molar-refractivity contribution in [3.63, 3.8) is 0 Å². The first-order valence-corrected chi connectivity index (χ1v) is 12.9. The number of halogens is 1. The molecular formula is C22H13ClN6OS3. The van der Waals surface area contributed by atoms with Gasteiger partial charge in [0.2, 0.25) is 5.91 Å². The SMILES string of the molecule is O=C(CSc1nnc2c3c(-c4ccc(Cl)cc4)csc3ncn12)Nc1nc2ccccc2s1. The van der Waals surface area contributed by atoms with E-state index in [-0.39, 0.29) is 11.7 Å². The van der Waals surface area contributed by atoms with Crippen molar-refractivity contribution in [2.45, 2.75) is 5.16 Å². The van der Waals surface area contributed by atoms with E-state index < -0.39 is 0 Å². The lowest BCUT2D eigenvalue weighted by Crippen LogP contribution is -2.14. The van der Waals surface area contributed by atoms with Gasteiger partial charge in [-0.15, -0.1) is 21.5 Å². The summed E-state index contributed by atoms with van der Waals surface area (Å²) in [6.45, 7) is 0. The third kappa shape index (κ3) is 3.84. The first kappa shape index (κ1) is 20.5. The average Bonchev–Trinajstić information content (AvgIpc) is 3.53. The summed E-state index contributed by atoms with van der Waals surface area (Å²) >= 11 is 10.4. The van der Waals surface area contributed by atoms with Gasteiger partial charge in [-0.1, -0.05) is 59.0 Å². The van der Waals surface area contributed by atoms with Crippen LogP contribution in [0.2, 0.25) is 5.02 Å². The van der Waals surface area contributed by atoms with Gasteiger partial charge in [0, 0.05) is 16.0 Å². The fraction of sp³-hybridized carbons (Fsp3) is 0.0455. The lowest BCUT2D eigenvalue weighted by atomic mass is 10.1. The molecule has 4 aromatic heterocycles. The number of thiazole rings is 1. The van der Waals surface area contributed by atoms with Crippen LogP contribution in [0.4, 0.5) is 5.13 Å². The number of aromatic nitrogens is 5. The van der Waals surface area contributed by atoms with E-state index in [0.29, 0.717) is 21.0 Å². The summed E-state index contributed by atoms with van der Waals surface area (Å²) < 4.78 is 2.86. The third-order valence-corrected chi connectivity index (χ3v) is 8.01. The van der Waals surface area contributed by atoms with Gasteiger partial charge in [0.05, 0.1) is 21.4 Å². The van der Waals surface area contributed by atoms with Gasteiger partial charge >= 0.3 is 0 Å². The van der Waals surface area contributed by atoms with Crippen molar-refractivity contribution in [2.75, 3.05) is 11.1 Å². The first-order chi connectivity index (χ1) is 16.2. The molecule has 162 valence electrons. The number of carbonyl (C=O) groups excluding carboxylic acids is 1. The molecule has 0 fully saturated rings. The maximum atomic E-state index is 12.5. The van der Waals surface area contributed by atoms with Gasteiger partial charge in [-0.3, -0.25) is 9.20 Å². The van der Waals surface area contributed by atoms with Gasteiger partial charge in [0.1, 0.15) is 11.2 Å². The third-order valence-electron chi connectivity index (χ3n) is 4.98. The molecular weight excluding hydrogens is 496 g/mol. The standard InChI is InChI=1S/C22H13ClN6OS3/c23-13-7-5-12(6-8-13)14-9-31-20-18(14)19-27-28-22(29(19)11-24-20)32-10-17(30)26-21-25-15-3-1-2-4-16(15)33-21/h1-9,11H,10H2,(H,25,26,30). The van der Waals surface area contributed by atoms with E-state index in [0.717, 1.165) is 31.6 Å². The molecule has 6 rings (SSSR count). The molecule has 0 saturated carbocycles. The van der Waals surface area contributed by atoms with Crippen molar-refractivity contribution in [3.05, 3.63) is 65.3 Å². The molecule has 0 spiro atoms. The highest BCUT2D eigenvalue weighted by molar-refractivity contribution is 7.99. The molecule has 4 heterocycles. The van der Waals surface area contributed by atoms with Crippen molar-refractivity contribution in [2.24, 2.45) is 0 Å². The molecule has 0 radical (unpaired) electrons. The first-order valence-electron chi connectivity index (χ1n) is 9.81. The maximum Gasteiger partial charge on any atom is 0.236 e. The Bertz CT molecular complexity index is 1610. The summed E-state index contributed by atoms with van der Waals surface area (Å²) in [4.78, 5) is 22.4. The number of rotatable bonds is 5. The number of hydrogen-bond acceptors (Lipinski definition) is 8. The van der Waals surface area contributed by atoms with Crippen LogP contribution >= 0.6 is 46.0 Å². The number of amides is 1. The zero-order chi connectivity index (χ0) is 22.4. The molecule has 0 bridgehead atoms. The second kappa shape index (κ2) is 8.38. The molecule has 0 aliphatic carbocycles. The number of anilines is 1. The molecule has 1 N–H and O–H groups in total. The lowest BCUT2D eigenvalue weighted by molar-refractivity contribution is -0.113. The normalized spacial score (nSPS) is 11.5. The summed E-state index contributed by atoms with van der Waals surface area (Å²) in [5, 5.41) is 16.5. The van der Waals surface area contributed by atoms with Crippen LogP contribution in [0.15, 0.2) is 65.4 Å². The van der Waals surface area contributed by atoms with Gasteiger partial charge in [-0.05, 0) is 29.8 Å². The van der Waals surface area contributed by atoms with Crippen LogP contribution in [-0.4, -0.2) is 36.2 Å². The second-order valence-electron chi connectivity index (χ2n) is 7.08. The Balaban J connectivity index is 1.25. The van der Waals surface area contributed by atoms with Crippen LogP contribution < -0.4 is 5.32 Å². The van der Waals surface area contributed by atoms with Gasteiger partial charge in [-0.25, -0.2) is 9.97 Å². The highest BCUT2D eigenvalue weighted by Crippen LogP contribution is 2.36. The second-order valence-corrected chi connectivity index (χ2v) is 10.3. The van der Waals surface area contributed by atoms with Gasteiger partial charge in [0.15, 0.2) is 15.9 Å². The Kier molecular flexibility index (Phi) is 5.22. The molecule has 7 nitrogen and oxygen atoms in total. The van der Waals surface area contributed by atoms with Crippen LogP contribution in [0.5, 0.6) is 0 Å². The monoisotopic (exact) mass is 508 g/mol. The zero-order valence-electron chi connectivity index (χ0n) is 16.7. The molecule has 0 atom stereocenters. The van der Waals surface area contributed by atoms with Crippen LogP contribution in [-0.2, 0) is 4.79 Å². The maximum absolute atomic E-state index is 12.5. The summed E-state index contributed by atoms with van der Waals surface area (Å²) in [5.41, 5.74) is 3.65. The smallest absolute Gasteiger partial charge is 0.236 e. The van der Waals surface area contributed by atoms with E-state index in [4.69, 9.17) is 11.6 Å². The minimum atomic E-state index is -0.151.